The van der Waals surface area contributed by atoms with E-state index in [1.807, 2.05) is 0 Å². The lowest BCUT2D eigenvalue weighted by atomic mass is 9.85. The molecule has 1 spiro atoms. The molecule has 2 aliphatic rings. The fourth-order valence-electron chi connectivity index (χ4n) is 3.08. The Morgan fingerprint density at radius 1 is 1.39 bits per heavy atom. The minimum absolute atomic E-state index is 0.209. The van der Waals surface area contributed by atoms with Crippen LogP contribution in [0.25, 0.3) is 0 Å². The molecule has 0 aromatic rings. The summed E-state index contributed by atoms with van der Waals surface area (Å²) in [6, 6.07) is 0.539. The predicted octanol–water partition coefficient (Wildman–Crippen LogP) is 0.578. The average Bonchev–Trinajstić information content (AvgIpc) is 2.83. The molecule has 1 aliphatic carbocycles. The lowest BCUT2D eigenvalue weighted by Gasteiger charge is -2.44. The van der Waals surface area contributed by atoms with Crippen LogP contribution in [0.15, 0.2) is 0 Å². The van der Waals surface area contributed by atoms with E-state index in [1.54, 1.807) is 7.11 Å². The maximum Gasteiger partial charge on any atom is 0.170 e. The van der Waals surface area contributed by atoms with Crippen LogP contribution in [-0.2, 0) is 14.2 Å². The molecule has 0 amide bonds. The fraction of sp³-hybridized carbons (Fsp3) is 1.00. The Morgan fingerprint density at radius 2 is 2.11 bits per heavy atom. The fourth-order valence-corrected chi connectivity index (χ4v) is 3.08. The molecule has 1 heterocycles. The Hall–Kier alpha value is -0.200. The highest BCUT2D eigenvalue weighted by atomic mass is 16.7. The van der Waals surface area contributed by atoms with E-state index in [0.717, 1.165) is 39.0 Å². The molecule has 2 rings (SSSR count). The van der Waals surface area contributed by atoms with Gasteiger partial charge in [0.1, 0.15) is 0 Å². The summed E-state index contributed by atoms with van der Waals surface area (Å²) >= 11 is 0. The quantitative estimate of drug-likeness (QED) is 0.781. The normalized spacial score (nSPS) is 31.3. The van der Waals surface area contributed by atoms with Crippen LogP contribution in [0.1, 0.15) is 26.2 Å². The third-order valence-electron chi connectivity index (χ3n) is 4.14. The number of methoxy groups -OCH3 is 1. The van der Waals surface area contributed by atoms with Gasteiger partial charge in [-0.3, -0.25) is 4.90 Å². The van der Waals surface area contributed by atoms with Crippen molar-refractivity contribution in [3.63, 3.8) is 0 Å². The van der Waals surface area contributed by atoms with E-state index in [4.69, 9.17) is 19.9 Å². The Bertz CT molecular complexity index is 257. The predicted molar refractivity (Wildman–Crippen MR) is 69.4 cm³/mol. The van der Waals surface area contributed by atoms with E-state index >= 15 is 0 Å². The maximum atomic E-state index is 6.28. The number of nitrogens with two attached hydrogens (primary N) is 1. The summed E-state index contributed by atoms with van der Waals surface area (Å²) in [5.74, 6) is -0.360. The maximum absolute atomic E-state index is 6.28. The lowest BCUT2D eigenvalue weighted by molar-refractivity contribution is -0.192. The third kappa shape index (κ3) is 3.03. The number of hydrogen-bond acceptors (Lipinski definition) is 5. The highest BCUT2D eigenvalue weighted by Gasteiger charge is 2.45. The van der Waals surface area contributed by atoms with Crippen molar-refractivity contribution in [3.05, 3.63) is 0 Å². The van der Waals surface area contributed by atoms with Gasteiger partial charge in [0.15, 0.2) is 5.79 Å². The van der Waals surface area contributed by atoms with Crippen LogP contribution in [0.5, 0.6) is 0 Å². The van der Waals surface area contributed by atoms with E-state index in [9.17, 15) is 0 Å². The lowest BCUT2D eigenvalue weighted by Crippen LogP contribution is -2.56. The summed E-state index contributed by atoms with van der Waals surface area (Å²) in [5.41, 5.74) is 6.28. The van der Waals surface area contributed by atoms with Crippen molar-refractivity contribution >= 4 is 0 Å². The number of nitrogens with zero attached hydrogens (tertiary/aromatic N) is 1. The van der Waals surface area contributed by atoms with Crippen molar-refractivity contribution in [1.82, 2.24) is 4.90 Å². The van der Waals surface area contributed by atoms with Crippen LogP contribution in [0.4, 0.5) is 0 Å². The molecule has 5 nitrogen and oxygen atoms in total. The second kappa shape index (κ2) is 6.30. The topological polar surface area (TPSA) is 57.0 Å². The zero-order valence-electron chi connectivity index (χ0n) is 11.6. The molecule has 0 bridgehead atoms. The van der Waals surface area contributed by atoms with Crippen molar-refractivity contribution < 1.29 is 14.2 Å². The number of ether oxygens (including phenoxy) is 3. The monoisotopic (exact) mass is 258 g/mol. The van der Waals surface area contributed by atoms with E-state index in [2.05, 4.69) is 11.8 Å². The molecular weight excluding hydrogens is 232 g/mol. The van der Waals surface area contributed by atoms with Crippen molar-refractivity contribution in [2.45, 2.75) is 44.1 Å². The van der Waals surface area contributed by atoms with Gasteiger partial charge in [-0.05, 0) is 13.0 Å². The molecule has 1 saturated carbocycles. The highest BCUT2D eigenvalue weighted by molar-refractivity contribution is 4.94. The molecule has 2 N–H and O–H groups in total. The minimum atomic E-state index is -0.360. The van der Waals surface area contributed by atoms with Crippen molar-refractivity contribution in [1.29, 1.82) is 0 Å². The second-order valence-corrected chi connectivity index (χ2v) is 5.20. The first-order chi connectivity index (χ1) is 8.71. The molecule has 18 heavy (non-hydrogen) atoms. The molecular formula is C13H26N2O3. The van der Waals surface area contributed by atoms with Crippen LogP contribution >= 0.6 is 0 Å². The Kier molecular flexibility index (Phi) is 4.98. The Balaban J connectivity index is 1.99. The first-order valence-corrected chi connectivity index (χ1v) is 6.97. The zero-order chi connectivity index (χ0) is 13.0. The number of likely N-dealkylation sites (N-methyl/N-ethyl adjacent to an activating group) is 1. The second-order valence-electron chi connectivity index (χ2n) is 5.20. The third-order valence-corrected chi connectivity index (χ3v) is 4.14. The van der Waals surface area contributed by atoms with Crippen LogP contribution in [0, 0.1) is 0 Å². The molecule has 2 fully saturated rings. The SMILES string of the molecule is CCN(CCOC)C1CC2(CCC1N)OCCO2. The van der Waals surface area contributed by atoms with E-state index in [-0.39, 0.29) is 11.8 Å². The number of hydrogen-bond donors (Lipinski definition) is 1. The zero-order valence-corrected chi connectivity index (χ0v) is 11.6. The molecule has 0 radical (unpaired) electrons. The van der Waals surface area contributed by atoms with Gasteiger partial charge < -0.3 is 19.9 Å². The van der Waals surface area contributed by atoms with E-state index in [1.165, 1.54) is 0 Å². The van der Waals surface area contributed by atoms with Crippen molar-refractivity contribution in [2.24, 2.45) is 5.73 Å². The summed E-state index contributed by atoms with van der Waals surface area (Å²) in [6.07, 6.45) is 2.77. The van der Waals surface area contributed by atoms with Crippen molar-refractivity contribution in [3.8, 4) is 0 Å². The summed E-state index contributed by atoms with van der Waals surface area (Å²) in [6.45, 7) is 6.24. The largest absolute Gasteiger partial charge is 0.383 e. The van der Waals surface area contributed by atoms with Crippen LogP contribution < -0.4 is 5.73 Å². The van der Waals surface area contributed by atoms with Gasteiger partial charge in [0, 0.05) is 38.6 Å². The van der Waals surface area contributed by atoms with E-state index < -0.39 is 0 Å². The van der Waals surface area contributed by atoms with Gasteiger partial charge >= 0.3 is 0 Å². The summed E-state index contributed by atoms with van der Waals surface area (Å²) in [5, 5.41) is 0. The van der Waals surface area contributed by atoms with Gasteiger partial charge in [0.25, 0.3) is 0 Å². The molecule has 1 saturated heterocycles. The van der Waals surface area contributed by atoms with Gasteiger partial charge in [0.2, 0.25) is 0 Å². The molecule has 106 valence electrons. The van der Waals surface area contributed by atoms with Gasteiger partial charge in [0.05, 0.1) is 19.8 Å². The van der Waals surface area contributed by atoms with Gasteiger partial charge in [-0.25, -0.2) is 0 Å². The minimum Gasteiger partial charge on any atom is -0.383 e. The summed E-state index contributed by atoms with van der Waals surface area (Å²) in [4.78, 5) is 2.39. The number of rotatable bonds is 5. The average molecular weight is 258 g/mol. The standard InChI is InChI=1S/C13H26N2O3/c1-3-15(6-7-16-2)12-10-13(5-4-11(12)14)17-8-9-18-13/h11-12H,3-10,14H2,1-2H3. The first-order valence-electron chi connectivity index (χ1n) is 6.97. The molecule has 1 aliphatic heterocycles. The van der Waals surface area contributed by atoms with Gasteiger partial charge in [-0.2, -0.15) is 0 Å². The molecule has 2 atom stereocenters. The molecule has 2 unspecified atom stereocenters. The Morgan fingerprint density at radius 3 is 2.72 bits per heavy atom. The Labute approximate surface area is 110 Å². The van der Waals surface area contributed by atoms with Crippen molar-refractivity contribution in [2.75, 3.05) is 40.0 Å². The van der Waals surface area contributed by atoms with E-state index in [0.29, 0.717) is 19.3 Å². The molecule has 0 aromatic heterocycles. The van der Waals surface area contributed by atoms with Gasteiger partial charge in [-0.15, -0.1) is 0 Å². The first kappa shape index (κ1) is 14.2. The summed E-state index contributed by atoms with van der Waals surface area (Å²) in [7, 11) is 1.74. The highest BCUT2D eigenvalue weighted by Crippen LogP contribution is 2.37. The van der Waals surface area contributed by atoms with Crippen LogP contribution in [0.2, 0.25) is 0 Å². The smallest absolute Gasteiger partial charge is 0.170 e. The van der Waals surface area contributed by atoms with Crippen LogP contribution in [-0.4, -0.2) is 62.8 Å². The van der Waals surface area contributed by atoms with Gasteiger partial charge in [-0.1, -0.05) is 6.92 Å². The molecule has 5 heteroatoms. The van der Waals surface area contributed by atoms with Crippen LogP contribution in [0.3, 0.4) is 0 Å². The molecule has 0 aromatic carbocycles. The summed E-state index contributed by atoms with van der Waals surface area (Å²) < 4.78 is 16.8.